The number of nitrogens with one attached hydrogen (secondary N) is 1. The number of benzene rings is 2. The highest BCUT2D eigenvalue weighted by Crippen LogP contribution is 2.22. The molecule has 22 heavy (non-hydrogen) atoms. The molecule has 2 aromatic carbocycles. The average molecular weight is 486 g/mol. The molecule has 1 aromatic heterocycles. The zero-order chi connectivity index (χ0) is 15.5. The van der Waals surface area contributed by atoms with Crippen molar-refractivity contribution < 1.29 is 4.79 Å². The molecule has 0 unspecified atom stereocenters. The zero-order valence-electron chi connectivity index (χ0n) is 11.1. The first-order valence-corrected chi connectivity index (χ1v) is 8.98. The van der Waals surface area contributed by atoms with Crippen LogP contribution >= 0.6 is 50.1 Å². The molecule has 0 aliphatic carbocycles. The summed E-state index contributed by atoms with van der Waals surface area (Å²) in [5.74, 6) is -0.131. The topological polar surface area (TPSA) is 54.9 Å². The number of rotatable bonds is 3. The number of halogens is 2. The fourth-order valence-corrected chi connectivity index (χ4v) is 3.29. The van der Waals surface area contributed by atoms with Crippen LogP contribution in [0.4, 0.5) is 5.69 Å². The predicted molar refractivity (Wildman–Crippen MR) is 100 cm³/mol. The van der Waals surface area contributed by atoms with Crippen LogP contribution in [-0.2, 0) is 0 Å². The summed E-state index contributed by atoms with van der Waals surface area (Å²) in [7, 11) is 0. The minimum Gasteiger partial charge on any atom is -0.322 e. The first-order valence-electron chi connectivity index (χ1n) is 6.27. The van der Waals surface area contributed by atoms with Crippen molar-refractivity contribution in [2.24, 2.45) is 0 Å². The lowest BCUT2D eigenvalue weighted by molar-refractivity contribution is 0.102. The van der Waals surface area contributed by atoms with Gasteiger partial charge in [-0.2, -0.15) is 0 Å². The van der Waals surface area contributed by atoms with Crippen molar-refractivity contribution in [1.82, 2.24) is 9.59 Å². The summed E-state index contributed by atoms with van der Waals surface area (Å²) in [6, 6.07) is 13.2. The first-order chi connectivity index (χ1) is 10.6. The van der Waals surface area contributed by atoms with Crippen molar-refractivity contribution in [2.75, 3.05) is 5.32 Å². The normalized spacial score (nSPS) is 10.5. The van der Waals surface area contributed by atoms with E-state index in [0.717, 1.165) is 25.0 Å². The Balaban J connectivity index is 1.78. The van der Waals surface area contributed by atoms with Gasteiger partial charge in [0, 0.05) is 24.7 Å². The highest BCUT2D eigenvalue weighted by molar-refractivity contribution is 14.1. The Kier molecular flexibility index (Phi) is 4.84. The number of amides is 1. The molecule has 7 heteroatoms. The van der Waals surface area contributed by atoms with Crippen molar-refractivity contribution in [1.29, 1.82) is 0 Å². The molecule has 1 heterocycles. The molecule has 0 spiro atoms. The molecular weight excluding hydrogens is 477 g/mol. The molecule has 1 N–H and O–H groups in total. The van der Waals surface area contributed by atoms with Crippen LogP contribution in [0.15, 0.2) is 52.3 Å². The van der Waals surface area contributed by atoms with E-state index in [0.29, 0.717) is 5.56 Å². The Morgan fingerprint density at radius 3 is 2.64 bits per heavy atom. The van der Waals surface area contributed by atoms with Crippen LogP contribution in [-0.4, -0.2) is 15.5 Å². The van der Waals surface area contributed by atoms with E-state index in [9.17, 15) is 4.79 Å². The molecule has 0 atom stereocenters. The predicted octanol–water partition coefficient (Wildman–Crippen LogP) is 4.82. The molecular formula is C15H9BrIN3OS. The molecule has 0 bridgehead atoms. The Labute approximate surface area is 153 Å². The fraction of sp³-hybridized carbons (Fsp3) is 0. The lowest BCUT2D eigenvalue weighted by atomic mass is 10.1. The minimum absolute atomic E-state index is 0.131. The van der Waals surface area contributed by atoms with E-state index in [2.05, 4.69) is 53.4 Å². The van der Waals surface area contributed by atoms with Crippen LogP contribution < -0.4 is 5.32 Å². The smallest absolute Gasteiger partial charge is 0.256 e. The van der Waals surface area contributed by atoms with Crippen LogP contribution in [0.1, 0.15) is 10.4 Å². The van der Waals surface area contributed by atoms with Crippen molar-refractivity contribution in [2.45, 2.75) is 0 Å². The van der Waals surface area contributed by atoms with Gasteiger partial charge < -0.3 is 5.32 Å². The third-order valence-corrected chi connectivity index (χ3v) is 4.91. The summed E-state index contributed by atoms with van der Waals surface area (Å²) >= 11 is 6.85. The zero-order valence-corrected chi connectivity index (χ0v) is 15.6. The number of carbonyl (C=O) groups is 1. The van der Waals surface area contributed by atoms with Crippen LogP contribution in [0.25, 0.3) is 11.3 Å². The van der Waals surface area contributed by atoms with E-state index >= 15 is 0 Å². The largest absolute Gasteiger partial charge is 0.322 e. The monoisotopic (exact) mass is 485 g/mol. The number of anilines is 1. The molecule has 0 radical (unpaired) electrons. The molecule has 0 saturated carbocycles. The maximum Gasteiger partial charge on any atom is 0.256 e. The molecule has 3 rings (SSSR count). The molecule has 3 aromatic rings. The summed E-state index contributed by atoms with van der Waals surface area (Å²) in [4.78, 5) is 12.3. The third-order valence-electron chi connectivity index (χ3n) is 2.97. The maximum absolute atomic E-state index is 12.3. The summed E-state index contributed by atoms with van der Waals surface area (Å²) in [5, 5.41) is 8.81. The maximum atomic E-state index is 12.3. The van der Waals surface area contributed by atoms with Crippen molar-refractivity contribution >= 4 is 61.6 Å². The van der Waals surface area contributed by atoms with E-state index in [4.69, 9.17) is 0 Å². The van der Waals surface area contributed by atoms with E-state index < -0.39 is 0 Å². The average Bonchev–Trinajstić information content (AvgIpc) is 3.05. The van der Waals surface area contributed by atoms with Crippen LogP contribution in [0, 0.1) is 3.57 Å². The summed E-state index contributed by atoms with van der Waals surface area (Å²) < 4.78 is 5.63. The van der Waals surface area contributed by atoms with E-state index in [1.807, 2.05) is 47.8 Å². The van der Waals surface area contributed by atoms with Gasteiger partial charge in [-0.1, -0.05) is 32.6 Å². The van der Waals surface area contributed by atoms with Gasteiger partial charge in [-0.3, -0.25) is 4.79 Å². The third kappa shape index (κ3) is 3.53. The lowest BCUT2D eigenvalue weighted by Gasteiger charge is -2.08. The highest BCUT2D eigenvalue weighted by Gasteiger charge is 2.11. The van der Waals surface area contributed by atoms with Gasteiger partial charge >= 0.3 is 0 Å². The van der Waals surface area contributed by atoms with Gasteiger partial charge in [-0.05, 0) is 64.5 Å². The molecule has 0 fully saturated rings. The second-order valence-electron chi connectivity index (χ2n) is 4.45. The number of carbonyl (C=O) groups excluding carboxylic acids is 1. The number of hydrogen-bond acceptors (Lipinski definition) is 4. The Morgan fingerprint density at radius 2 is 1.95 bits per heavy atom. The number of aromatic nitrogens is 2. The summed E-state index contributed by atoms with van der Waals surface area (Å²) in [6.45, 7) is 0. The van der Waals surface area contributed by atoms with Crippen molar-refractivity contribution in [3.8, 4) is 11.3 Å². The number of hydrogen-bond donors (Lipinski definition) is 1. The molecule has 0 aliphatic rings. The van der Waals surface area contributed by atoms with Crippen LogP contribution in [0.3, 0.4) is 0 Å². The SMILES string of the molecule is O=C(Nc1ccc(-c2csnn2)cc1)c1cc(Br)ccc1I. The molecule has 1 amide bonds. The van der Waals surface area contributed by atoms with Gasteiger partial charge in [0.15, 0.2) is 0 Å². The van der Waals surface area contributed by atoms with Gasteiger partial charge in [0.2, 0.25) is 0 Å². The van der Waals surface area contributed by atoms with Crippen molar-refractivity contribution in [3.63, 3.8) is 0 Å². The standard InChI is InChI=1S/C15H9BrIN3OS/c16-10-3-6-13(17)12(7-10)15(21)18-11-4-1-9(2-5-11)14-8-22-20-19-14/h1-8H,(H,18,21). The molecule has 4 nitrogen and oxygen atoms in total. The van der Waals surface area contributed by atoms with E-state index in [-0.39, 0.29) is 5.91 Å². The molecule has 0 saturated heterocycles. The van der Waals surface area contributed by atoms with Gasteiger partial charge in [-0.15, -0.1) is 5.10 Å². The Hall–Kier alpha value is -1.32. The Bertz CT molecular complexity index is 806. The minimum atomic E-state index is -0.131. The van der Waals surface area contributed by atoms with Gasteiger partial charge in [0.1, 0.15) is 5.69 Å². The second kappa shape index (κ2) is 6.84. The summed E-state index contributed by atoms with van der Waals surface area (Å²) in [5.41, 5.74) is 3.20. The second-order valence-corrected chi connectivity index (χ2v) is 7.13. The molecule has 110 valence electrons. The summed E-state index contributed by atoms with van der Waals surface area (Å²) in [6.07, 6.45) is 0. The Morgan fingerprint density at radius 1 is 1.18 bits per heavy atom. The first kappa shape index (κ1) is 15.6. The number of nitrogens with zero attached hydrogens (tertiary/aromatic N) is 2. The van der Waals surface area contributed by atoms with Crippen LogP contribution in [0.5, 0.6) is 0 Å². The van der Waals surface area contributed by atoms with Crippen LogP contribution in [0.2, 0.25) is 0 Å². The van der Waals surface area contributed by atoms with E-state index in [1.54, 1.807) is 0 Å². The highest BCUT2D eigenvalue weighted by atomic mass is 127. The molecule has 0 aliphatic heterocycles. The quantitative estimate of drug-likeness (QED) is 0.541. The van der Waals surface area contributed by atoms with Gasteiger partial charge in [-0.25, -0.2) is 0 Å². The van der Waals surface area contributed by atoms with E-state index in [1.165, 1.54) is 11.5 Å². The van der Waals surface area contributed by atoms with Gasteiger partial charge in [0.25, 0.3) is 5.91 Å². The van der Waals surface area contributed by atoms with Gasteiger partial charge in [0.05, 0.1) is 5.56 Å². The lowest BCUT2D eigenvalue weighted by Crippen LogP contribution is -2.13. The van der Waals surface area contributed by atoms with Crippen molar-refractivity contribution in [3.05, 3.63) is 61.5 Å². The fourth-order valence-electron chi connectivity index (χ4n) is 1.88.